The van der Waals surface area contributed by atoms with Gasteiger partial charge in [0.05, 0.1) is 5.57 Å². The fourth-order valence-electron chi connectivity index (χ4n) is 1.70. The summed E-state index contributed by atoms with van der Waals surface area (Å²) in [4.78, 5) is 20.4. The molecular formula is C19H15NO6. The summed E-state index contributed by atoms with van der Waals surface area (Å²) in [7, 11) is 0. The Morgan fingerprint density at radius 2 is 1.35 bits per heavy atom. The van der Waals surface area contributed by atoms with Crippen molar-refractivity contribution in [2.75, 3.05) is 0 Å². The lowest BCUT2D eigenvalue weighted by Gasteiger charge is -1.97. The van der Waals surface area contributed by atoms with Gasteiger partial charge in [-0.2, -0.15) is 5.26 Å². The number of nitrogens with zero attached hydrogens (tertiary/aromatic N) is 1. The third-order valence-electron chi connectivity index (χ3n) is 2.88. The van der Waals surface area contributed by atoms with Crippen LogP contribution in [-0.2, 0) is 9.59 Å². The van der Waals surface area contributed by atoms with Crippen molar-refractivity contribution < 1.29 is 30.0 Å². The number of hydrogen-bond donors (Lipinski definition) is 4. The van der Waals surface area contributed by atoms with Crippen LogP contribution in [0.25, 0.3) is 11.6 Å². The molecule has 2 aromatic rings. The van der Waals surface area contributed by atoms with Gasteiger partial charge in [-0.15, -0.1) is 0 Å². The van der Waals surface area contributed by atoms with E-state index < -0.39 is 11.9 Å². The molecule has 4 N–H and O–H groups in total. The maximum atomic E-state index is 10.3. The van der Waals surface area contributed by atoms with E-state index in [1.54, 1.807) is 18.2 Å². The topological polar surface area (TPSA) is 139 Å². The summed E-state index contributed by atoms with van der Waals surface area (Å²) in [6, 6.07) is 13.8. The second kappa shape index (κ2) is 9.95. The minimum atomic E-state index is -1.17. The molecule has 0 aliphatic carbocycles. The van der Waals surface area contributed by atoms with Gasteiger partial charge in [0.25, 0.3) is 0 Å². The molecule has 0 spiro atoms. The second-order valence-corrected chi connectivity index (χ2v) is 4.82. The molecule has 0 atom stereocenters. The van der Waals surface area contributed by atoms with E-state index in [-0.39, 0.29) is 17.1 Å². The number of rotatable bonds is 4. The molecule has 0 aromatic heterocycles. The van der Waals surface area contributed by atoms with Gasteiger partial charge in [0.2, 0.25) is 0 Å². The fraction of sp³-hybridized carbons (Fsp3) is 0. The highest BCUT2D eigenvalue weighted by atomic mass is 16.4. The number of phenolic OH excluding ortho intramolecular Hbond substituents is 2. The Balaban J connectivity index is 0.000000263. The van der Waals surface area contributed by atoms with E-state index in [1.165, 1.54) is 42.5 Å². The molecule has 2 rings (SSSR count). The van der Waals surface area contributed by atoms with Crippen LogP contribution in [0, 0.1) is 11.3 Å². The number of allylic oxidation sites excluding steroid dienone is 1. The van der Waals surface area contributed by atoms with Gasteiger partial charge in [0.15, 0.2) is 0 Å². The largest absolute Gasteiger partial charge is 0.508 e. The molecule has 0 radical (unpaired) electrons. The Morgan fingerprint density at radius 1 is 0.846 bits per heavy atom. The van der Waals surface area contributed by atoms with Crippen LogP contribution in [0.5, 0.6) is 11.5 Å². The Hall–Kier alpha value is -4.05. The average molecular weight is 353 g/mol. The Bertz CT molecular complexity index is 858. The first-order chi connectivity index (χ1) is 12.3. The molecule has 7 nitrogen and oxygen atoms in total. The summed E-state index contributed by atoms with van der Waals surface area (Å²) in [5.74, 6) is -1.92. The van der Waals surface area contributed by atoms with Crippen LogP contribution in [0.1, 0.15) is 11.1 Å². The minimum absolute atomic E-state index is 0.0532. The van der Waals surface area contributed by atoms with E-state index in [2.05, 4.69) is 0 Å². The van der Waals surface area contributed by atoms with E-state index >= 15 is 0 Å². The number of carbonyl (C=O) groups is 2. The number of carboxylic acids is 2. The van der Waals surface area contributed by atoms with E-state index in [9.17, 15) is 9.59 Å². The minimum Gasteiger partial charge on any atom is -0.508 e. The summed E-state index contributed by atoms with van der Waals surface area (Å²) in [5.41, 5.74) is 1.26. The highest BCUT2D eigenvalue weighted by Crippen LogP contribution is 2.17. The Labute approximate surface area is 149 Å². The molecule has 0 unspecified atom stereocenters. The van der Waals surface area contributed by atoms with Crippen LogP contribution in [-0.4, -0.2) is 32.4 Å². The van der Waals surface area contributed by atoms with E-state index in [0.29, 0.717) is 5.56 Å². The number of aromatic hydroxyl groups is 2. The Kier molecular flexibility index (Phi) is 7.65. The smallest absolute Gasteiger partial charge is 0.329 e. The van der Waals surface area contributed by atoms with Crippen molar-refractivity contribution in [3.8, 4) is 17.6 Å². The molecule has 132 valence electrons. The van der Waals surface area contributed by atoms with Gasteiger partial charge in [-0.1, -0.05) is 12.1 Å². The maximum Gasteiger partial charge on any atom is 0.329 e. The molecule has 0 heterocycles. The first kappa shape index (κ1) is 20.0. The van der Waals surface area contributed by atoms with Crippen LogP contribution in [0.3, 0.4) is 0 Å². The number of nitriles is 1. The zero-order chi connectivity index (χ0) is 19.5. The predicted octanol–water partition coefficient (Wildman–Crippen LogP) is 2.87. The third-order valence-corrected chi connectivity index (χ3v) is 2.88. The summed E-state index contributed by atoms with van der Waals surface area (Å²) in [6.07, 6.45) is 3.33. The maximum absolute atomic E-state index is 10.3. The predicted molar refractivity (Wildman–Crippen MR) is 94.1 cm³/mol. The summed E-state index contributed by atoms with van der Waals surface area (Å²) >= 11 is 0. The van der Waals surface area contributed by atoms with Crippen molar-refractivity contribution in [1.29, 1.82) is 5.26 Å². The van der Waals surface area contributed by atoms with Crippen molar-refractivity contribution in [3.63, 3.8) is 0 Å². The van der Waals surface area contributed by atoms with Crippen LogP contribution in [0.15, 0.2) is 60.7 Å². The molecule has 0 bridgehead atoms. The highest BCUT2D eigenvalue weighted by molar-refractivity contribution is 5.94. The quantitative estimate of drug-likeness (QED) is 0.489. The molecule has 0 saturated heterocycles. The second-order valence-electron chi connectivity index (χ2n) is 4.82. The SMILES string of the molecule is N#CC(=CC(=O)O)c1ccc(O)cc1.O=C(O)C=Cc1ccc(O)cc1. The van der Waals surface area contributed by atoms with Crippen LogP contribution >= 0.6 is 0 Å². The number of phenols is 2. The molecule has 0 aliphatic heterocycles. The van der Waals surface area contributed by atoms with Crippen molar-refractivity contribution >= 4 is 23.6 Å². The summed E-state index contributed by atoms with van der Waals surface area (Å²) in [5, 5.41) is 43.3. The van der Waals surface area contributed by atoms with E-state index in [4.69, 9.17) is 25.7 Å². The lowest BCUT2D eigenvalue weighted by atomic mass is 10.1. The van der Waals surface area contributed by atoms with Crippen molar-refractivity contribution in [2.45, 2.75) is 0 Å². The van der Waals surface area contributed by atoms with Gasteiger partial charge in [-0.3, -0.25) is 0 Å². The molecule has 0 aliphatic rings. The summed E-state index contributed by atoms with van der Waals surface area (Å²) in [6.45, 7) is 0. The monoisotopic (exact) mass is 353 g/mol. The summed E-state index contributed by atoms with van der Waals surface area (Å²) < 4.78 is 0. The van der Waals surface area contributed by atoms with Gasteiger partial charge < -0.3 is 20.4 Å². The van der Waals surface area contributed by atoms with Crippen LogP contribution in [0.2, 0.25) is 0 Å². The van der Waals surface area contributed by atoms with E-state index in [1.807, 2.05) is 0 Å². The Morgan fingerprint density at radius 3 is 1.77 bits per heavy atom. The van der Waals surface area contributed by atoms with Gasteiger partial charge in [0, 0.05) is 12.2 Å². The first-order valence-corrected chi connectivity index (χ1v) is 7.16. The third kappa shape index (κ3) is 7.48. The van der Waals surface area contributed by atoms with Crippen molar-refractivity contribution in [2.24, 2.45) is 0 Å². The number of benzene rings is 2. The lowest BCUT2D eigenvalue weighted by Crippen LogP contribution is -1.90. The molecule has 7 heteroatoms. The van der Waals surface area contributed by atoms with Crippen molar-refractivity contribution in [3.05, 3.63) is 71.8 Å². The molecule has 0 saturated carbocycles. The van der Waals surface area contributed by atoms with Gasteiger partial charge in [0.1, 0.15) is 17.6 Å². The van der Waals surface area contributed by atoms with Crippen molar-refractivity contribution in [1.82, 2.24) is 0 Å². The fourth-order valence-corrected chi connectivity index (χ4v) is 1.70. The number of carboxylic acid groups (broad SMARTS) is 2. The highest BCUT2D eigenvalue weighted by Gasteiger charge is 2.02. The van der Waals surface area contributed by atoms with Gasteiger partial charge in [-0.25, -0.2) is 9.59 Å². The normalized spacial score (nSPS) is 10.5. The van der Waals surface area contributed by atoms with E-state index in [0.717, 1.165) is 17.7 Å². The zero-order valence-corrected chi connectivity index (χ0v) is 13.4. The first-order valence-electron chi connectivity index (χ1n) is 7.16. The molecule has 0 fully saturated rings. The van der Waals surface area contributed by atoms with Crippen LogP contribution in [0.4, 0.5) is 0 Å². The van der Waals surface area contributed by atoms with Gasteiger partial charge >= 0.3 is 11.9 Å². The number of hydrogen-bond acceptors (Lipinski definition) is 5. The molecule has 0 amide bonds. The standard InChI is InChI=1S/C10H7NO3.C9H8O3/c11-6-8(5-10(13)14)7-1-3-9(12)4-2-7;10-8-4-1-7(2-5-8)3-6-9(11)12/h1-5,12H,(H,13,14);1-6,10H,(H,11,12). The number of aliphatic carboxylic acids is 2. The average Bonchev–Trinajstić information content (AvgIpc) is 2.60. The lowest BCUT2D eigenvalue weighted by molar-refractivity contribution is -0.132. The zero-order valence-electron chi connectivity index (χ0n) is 13.4. The molecular weight excluding hydrogens is 338 g/mol. The molecule has 26 heavy (non-hydrogen) atoms. The molecule has 2 aromatic carbocycles. The van der Waals surface area contributed by atoms with Gasteiger partial charge in [-0.05, 0) is 53.6 Å². The van der Waals surface area contributed by atoms with Crippen LogP contribution < -0.4 is 0 Å².